The lowest BCUT2D eigenvalue weighted by molar-refractivity contribution is -0.0622. The van der Waals surface area contributed by atoms with Crippen molar-refractivity contribution in [1.29, 1.82) is 10.5 Å². The number of carbonyl (C=O) groups is 2. The van der Waals surface area contributed by atoms with Crippen LogP contribution in [-0.4, -0.2) is 139 Å². The molecule has 2 fully saturated rings. The number of nitrogens with one attached hydrogen (secondary N) is 2. The van der Waals surface area contributed by atoms with Crippen LogP contribution >= 0.6 is 0 Å². The molecule has 6 heterocycles. The third-order valence-corrected chi connectivity index (χ3v) is 15.0. The second-order valence-electron chi connectivity index (χ2n) is 20.6. The molecule has 6 aromatic carbocycles. The summed E-state index contributed by atoms with van der Waals surface area (Å²) in [6.45, 7) is 1.37. The van der Waals surface area contributed by atoms with Gasteiger partial charge in [-0.15, -0.1) is 0 Å². The molecular weight excluding hydrogens is 1130 g/mol. The zero-order valence-corrected chi connectivity index (χ0v) is 48.8. The van der Waals surface area contributed by atoms with Crippen molar-refractivity contribution in [2.45, 2.75) is 61.2 Å². The van der Waals surface area contributed by atoms with Gasteiger partial charge >= 0.3 is 11.9 Å². The average molecular weight is 1200 g/mol. The number of hydrogen-bond acceptors (Lipinski definition) is 20. The molecule has 0 saturated carbocycles. The number of fused-ring (bicyclic) bond motifs is 2. The first kappa shape index (κ1) is 61.8. The van der Waals surface area contributed by atoms with Gasteiger partial charge in [0.15, 0.2) is 58.6 Å². The molecule has 452 valence electrons. The number of aromatic nitrogens is 8. The van der Waals surface area contributed by atoms with Crippen molar-refractivity contribution in [2.75, 3.05) is 58.3 Å². The van der Waals surface area contributed by atoms with Gasteiger partial charge in [-0.25, -0.2) is 19.6 Å². The maximum Gasteiger partial charge on any atom is 0.338 e. The first-order chi connectivity index (χ1) is 43.7. The van der Waals surface area contributed by atoms with Crippen molar-refractivity contribution in [3.8, 4) is 12.1 Å². The van der Waals surface area contributed by atoms with Crippen molar-refractivity contribution < 1.29 is 48.2 Å². The number of nitriles is 2. The first-order valence-corrected chi connectivity index (χ1v) is 28.6. The summed E-state index contributed by atoms with van der Waals surface area (Å²) in [6, 6.07) is 61.7. The number of imidazole rings is 2. The predicted molar refractivity (Wildman–Crippen MR) is 328 cm³/mol. The monoisotopic (exact) mass is 1200 g/mol. The van der Waals surface area contributed by atoms with Crippen molar-refractivity contribution in [3.63, 3.8) is 0 Å². The van der Waals surface area contributed by atoms with Crippen LogP contribution in [0.4, 0.5) is 11.6 Å². The van der Waals surface area contributed by atoms with Crippen LogP contribution in [-0.2, 0) is 28.4 Å². The molecule has 0 aliphatic carbocycles. The second kappa shape index (κ2) is 29.9. The molecule has 12 rings (SSSR count). The van der Waals surface area contributed by atoms with Crippen LogP contribution in [0.1, 0.15) is 85.3 Å². The smallest absolute Gasteiger partial charge is 0.338 e. The number of ether oxygens (including phenoxy) is 6. The van der Waals surface area contributed by atoms with Gasteiger partial charge in [-0.05, 0) is 46.5 Å². The molecule has 0 radical (unpaired) electrons. The SMILES string of the molecule is CO.COC[C@@H]1C[C@@H](O)[C@H](n2cnc3c(NCC(c4ccccc4)c4ccccc4)nc(C#N)nc32)O1.COC[C@H]1O[C@@H](n2cnc3c(NCC(c4ccccc4)c4ccccc4)nc(C#N)nc32)[C@H](OC(=O)c2ccccc2)[C@@H]1OC(=O)c1ccccc1. The summed E-state index contributed by atoms with van der Waals surface area (Å²) in [4.78, 5) is 53.8. The quantitative estimate of drug-likeness (QED) is 0.0518. The number of esters is 2. The van der Waals surface area contributed by atoms with E-state index in [2.05, 4.69) is 89.1 Å². The number of methoxy groups -OCH3 is 2. The van der Waals surface area contributed by atoms with Crippen molar-refractivity contribution in [2.24, 2.45) is 0 Å². The summed E-state index contributed by atoms with van der Waals surface area (Å²) in [7, 11) is 4.09. The molecule has 0 unspecified atom stereocenters. The molecule has 0 spiro atoms. The maximum absolute atomic E-state index is 13.5. The van der Waals surface area contributed by atoms with Gasteiger partial charge in [-0.2, -0.15) is 30.5 Å². The highest BCUT2D eigenvalue weighted by atomic mass is 16.7. The number of nitrogens with zero attached hydrogens (tertiary/aromatic N) is 10. The standard InChI is InChI=1S/C40H34N6O6.C26H26N6O3.CH4O/c1-49-24-31-34(51-39(47)28-18-10-4-11-19-28)35(52-40(48)29-20-12-5-13-21-29)38(50-31)46-25-43-33-36(44-32(22-41)45-37(33)46)42-23-30(26-14-6-2-7-15-26)27-16-8-3-9-17-27;1-34-15-19-12-21(33)26(35-19)32-16-29-23-24(30-22(13-27)31-25(23)32)28-14-20(17-8-4-2-5-9-17)18-10-6-3-7-11-18;1-2/h2-21,25,30-31,34-35,38H,23-24H2,1H3,(H,42,44,45);2-11,16,19-21,26,33H,12,14-15H2,1H3,(H,28,30,31);2H,1H3/t31-,34-,35-,38-;19-,21+,26+;/m10./s1. The van der Waals surface area contributed by atoms with Crippen LogP contribution in [0.5, 0.6) is 0 Å². The Morgan fingerprint density at radius 3 is 1.33 bits per heavy atom. The minimum absolute atomic E-state index is 0.0126. The average Bonchev–Trinajstić information content (AvgIpc) is 1.68. The lowest BCUT2D eigenvalue weighted by Crippen LogP contribution is -2.41. The summed E-state index contributed by atoms with van der Waals surface area (Å²) in [5.41, 5.74) is 6.68. The van der Waals surface area contributed by atoms with Crippen LogP contribution in [0.2, 0.25) is 0 Å². The Bertz CT molecular complexity index is 3930. The fourth-order valence-corrected chi connectivity index (χ4v) is 10.9. The Balaban J connectivity index is 0.000000205. The zero-order chi connectivity index (χ0) is 62.1. The van der Waals surface area contributed by atoms with E-state index < -0.39 is 48.8 Å². The highest BCUT2D eigenvalue weighted by Gasteiger charge is 2.51. The number of benzene rings is 6. The molecule has 2 aliphatic heterocycles. The topological polar surface area (TPSA) is 289 Å². The van der Waals surface area contributed by atoms with Gasteiger partial charge < -0.3 is 49.3 Å². The third-order valence-electron chi connectivity index (χ3n) is 15.0. The van der Waals surface area contributed by atoms with E-state index >= 15 is 0 Å². The van der Waals surface area contributed by atoms with Crippen LogP contribution in [0.3, 0.4) is 0 Å². The molecule has 7 atom stereocenters. The molecule has 89 heavy (non-hydrogen) atoms. The van der Waals surface area contributed by atoms with E-state index in [0.717, 1.165) is 29.4 Å². The van der Waals surface area contributed by atoms with Crippen LogP contribution in [0.15, 0.2) is 195 Å². The maximum atomic E-state index is 13.5. The summed E-state index contributed by atoms with van der Waals surface area (Å²) >= 11 is 0. The minimum Gasteiger partial charge on any atom is -0.452 e. The number of carbonyl (C=O) groups excluding carboxylic acids is 2. The Morgan fingerprint density at radius 2 is 0.933 bits per heavy atom. The van der Waals surface area contributed by atoms with Gasteiger partial charge in [0, 0.05) is 52.7 Å². The molecule has 0 bridgehead atoms. The van der Waals surface area contributed by atoms with Gasteiger partial charge in [0.2, 0.25) is 11.6 Å². The minimum atomic E-state index is -1.17. The lowest BCUT2D eigenvalue weighted by Gasteiger charge is -2.25. The van der Waals surface area contributed by atoms with E-state index in [4.69, 9.17) is 33.5 Å². The summed E-state index contributed by atoms with van der Waals surface area (Å²) in [5, 5.41) is 44.0. The molecule has 2 aliphatic rings. The zero-order valence-electron chi connectivity index (χ0n) is 48.8. The number of aliphatic hydroxyl groups is 2. The normalized spacial score (nSPS) is 18.5. The van der Waals surface area contributed by atoms with Gasteiger partial charge in [0.1, 0.15) is 24.3 Å². The number of rotatable bonds is 20. The predicted octanol–water partition coefficient (Wildman–Crippen LogP) is 8.78. The molecule has 10 aromatic rings. The van der Waals surface area contributed by atoms with Gasteiger partial charge in [-0.3, -0.25) is 9.13 Å². The molecule has 0 amide bonds. The molecule has 2 saturated heterocycles. The number of anilines is 2. The number of hydrogen-bond donors (Lipinski definition) is 4. The van der Waals surface area contributed by atoms with E-state index in [1.54, 1.807) is 83.2 Å². The van der Waals surface area contributed by atoms with E-state index in [1.165, 1.54) is 13.4 Å². The summed E-state index contributed by atoms with van der Waals surface area (Å²) in [6.07, 6.45) is -2.34. The van der Waals surface area contributed by atoms with E-state index in [-0.39, 0.29) is 41.8 Å². The molecule has 22 heteroatoms. The summed E-state index contributed by atoms with van der Waals surface area (Å²) < 4.78 is 38.4. The van der Waals surface area contributed by atoms with Crippen LogP contribution in [0.25, 0.3) is 22.3 Å². The van der Waals surface area contributed by atoms with Crippen molar-refractivity contribution in [3.05, 3.63) is 240 Å². The molecule has 4 N–H and O–H groups in total. The Morgan fingerprint density at radius 1 is 0.551 bits per heavy atom. The third kappa shape index (κ3) is 14.4. The largest absolute Gasteiger partial charge is 0.452 e. The Kier molecular flexibility index (Phi) is 20.7. The van der Waals surface area contributed by atoms with Crippen molar-refractivity contribution >= 4 is 45.9 Å². The fourth-order valence-electron chi connectivity index (χ4n) is 10.9. The highest BCUT2D eigenvalue weighted by molar-refractivity contribution is 5.91. The fraction of sp³-hybridized carbons (Fsp3) is 0.254. The highest BCUT2D eigenvalue weighted by Crippen LogP contribution is 2.38. The van der Waals surface area contributed by atoms with Crippen LogP contribution in [0, 0.1) is 22.7 Å². The molecule has 22 nitrogen and oxygen atoms in total. The number of aliphatic hydroxyl groups excluding tert-OH is 2. The van der Waals surface area contributed by atoms with Gasteiger partial charge in [-0.1, -0.05) is 158 Å². The van der Waals surface area contributed by atoms with E-state index in [0.29, 0.717) is 65.6 Å². The summed E-state index contributed by atoms with van der Waals surface area (Å²) in [5.74, 6) is -0.553. The second-order valence-corrected chi connectivity index (χ2v) is 20.6. The lowest BCUT2D eigenvalue weighted by atomic mass is 9.91. The van der Waals surface area contributed by atoms with E-state index in [9.17, 15) is 25.2 Å². The molecule has 4 aromatic heterocycles. The Hall–Kier alpha value is -10.3. The van der Waals surface area contributed by atoms with Gasteiger partial charge in [0.25, 0.3) is 0 Å². The van der Waals surface area contributed by atoms with Gasteiger partial charge in [0.05, 0.1) is 43.1 Å². The molecular formula is C67H64N12O10. The first-order valence-electron chi connectivity index (χ1n) is 28.6. The van der Waals surface area contributed by atoms with E-state index in [1.807, 2.05) is 84.9 Å². The van der Waals surface area contributed by atoms with Crippen LogP contribution < -0.4 is 10.6 Å². The Labute approximate surface area is 512 Å². The van der Waals surface area contributed by atoms with Crippen molar-refractivity contribution in [1.82, 2.24) is 39.0 Å².